The predicted molar refractivity (Wildman–Crippen MR) is 103 cm³/mol. The number of halogens is 3. The quantitative estimate of drug-likeness (QED) is 0.555. The second-order valence-corrected chi connectivity index (χ2v) is 6.75. The lowest BCUT2D eigenvalue weighted by atomic mass is 10.1. The maximum absolute atomic E-state index is 13.6. The number of benzene rings is 1. The minimum Gasteiger partial charge on any atom is -0.348 e. The number of fused-ring (bicyclic) bond motifs is 1. The Bertz CT molecular complexity index is 1230. The van der Waals surface area contributed by atoms with E-state index in [4.69, 9.17) is 0 Å². The number of nitrogens with zero attached hydrogens (tertiary/aromatic N) is 5. The molecule has 3 aromatic heterocycles. The van der Waals surface area contributed by atoms with E-state index in [9.17, 15) is 18.0 Å². The molecule has 0 saturated heterocycles. The van der Waals surface area contributed by atoms with E-state index in [2.05, 4.69) is 20.5 Å². The smallest absolute Gasteiger partial charge is 0.348 e. The molecule has 0 unspecified atom stereocenters. The van der Waals surface area contributed by atoms with E-state index in [1.54, 1.807) is 48.3 Å². The average molecular weight is 414 g/mol. The maximum atomic E-state index is 13.6. The van der Waals surface area contributed by atoms with Gasteiger partial charge < -0.3 is 5.32 Å². The van der Waals surface area contributed by atoms with Crippen LogP contribution in [-0.2, 0) is 19.8 Å². The topological polar surface area (TPSA) is 77.1 Å². The molecule has 0 aliphatic heterocycles. The molecule has 0 bridgehead atoms. The minimum atomic E-state index is -4.67. The normalized spacial score (nSPS) is 11.8. The molecule has 4 rings (SSSR count). The highest BCUT2D eigenvalue weighted by molar-refractivity contribution is 5.99. The molecule has 154 valence electrons. The first-order valence-corrected chi connectivity index (χ1v) is 9.03. The summed E-state index contributed by atoms with van der Waals surface area (Å²) in [5.74, 6) is -0.570. The Balaban J connectivity index is 1.75. The zero-order valence-electron chi connectivity index (χ0n) is 16.1. The highest BCUT2D eigenvalue weighted by atomic mass is 19.4. The summed E-state index contributed by atoms with van der Waals surface area (Å²) in [6, 6.07) is 9.39. The molecule has 0 aliphatic carbocycles. The summed E-state index contributed by atoms with van der Waals surface area (Å²) in [6.45, 7) is 2.04. The summed E-state index contributed by atoms with van der Waals surface area (Å²) in [6.07, 6.45) is -1.95. The summed E-state index contributed by atoms with van der Waals surface area (Å²) in [4.78, 5) is 17.0. The van der Waals surface area contributed by atoms with Crippen LogP contribution >= 0.6 is 0 Å². The van der Waals surface area contributed by atoms with Gasteiger partial charge >= 0.3 is 6.18 Å². The molecular formula is C20H17F3N6O. The van der Waals surface area contributed by atoms with Gasteiger partial charge in [0.15, 0.2) is 11.3 Å². The second-order valence-electron chi connectivity index (χ2n) is 6.75. The Kier molecular flexibility index (Phi) is 4.76. The van der Waals surface area contributed by atoms with Crippen molar-refractivity contribution in [3.8, 4) is 11.3 Å². The summed E-state index contributed by atoms with van der Waals surface area (Å²) in [5, 5.41) is 10.6. The number of amides is 1. The molecule has 7 nitrogen and oxygen atoms in total. The fourth-order valence-electron chi connectivity index (χ4n) is 3.07. The second kappa shape index (κ2) is 7.29. The van der Waals surface area contributed by atoms with Crippen LogP contribution in [0.3, 0.4) is 0 Å². The van der Waals surface area contributed by atoms with Crippen molar-refractivity contribution in [1.82, 2.24) is 29.7 Å². The van der Waals surface area contributed by atoms with Gasteiger partial charge in [0.25, 0.3) is 5.91 Å². The zero-order valence-corrected chi connectivity index (χ0v) is 16.1. The van der Waals surface area contributed by atoms with Gasteiger partial charge in [-0.2, -0.15) is 23.4 Å². The standard InChI is InChI=1S/C20H17F3N6O/c1-12-14(10-25-28(12)2)9-24-19(30)15-11-26-29-17(20(21,22)23)8-16(27-18(15)29)13-6-4-3-5-7-13/h3-8,10-11H,9H2,1-2H3,(H,24,30). The first-order valence-electron chi connectivity index (χ1n) is 9.03. The van der Waals surface area contributed by atoms with E-state index < -0.39 is 17.8 Å². The Morgan fingerprint density at radius 3 is 2.50 bits per heavy atom. The zero-order chi connectivity index (χ0) is 21.5. The molecule has 1 N–H and O–H groups in total. The predicted octanol–water partition coefficient (Wildman–Crippen LogP) is 3.39. The Morgan fingerprint density at radius 2 is 1.87 bits per heavy atom. The van der Waals surface area contributed by atoms with Crippen molar-refractivity contribution in [2.75, 3.05) is 0 Å². The Morgan fingerprint density at radius 1 is 1.13 bits per heavy atom. The number of carbonyl (C=O) groups is 1. The number of carbonyl (C=O) groups excluding carboxylic acids is 1. The van der Waals surface area contributed by atoms with Gasteiger partial charge in [-0.15, -0.1) is 0 Å². The van der Waals surface area contributed by atoms with E-state index in [1.807, 2.05) is 6.92 Å². The molecule has 0 radical (unpaired) electrons. The van der Waals surface area contributed by atoms with Gasteiger partial charge in [-0.25, -0.2) is 9.50 Å². The van der Waals surface area contributed by atoms with Crippen LogP contribution in [0.2, 0.25) is 0 Å². The van der Waals surface area contributed by atoms with Crippen molar-refractivity contribution in [1.29, 1.82) is 0 Å². The van der Waals surface area contributed by atoms with Crippen LogP contribution in [-0.4, -0.2) is 30.3 Å². The van der Waals surface area contributed by atoms with Gasteiger partial charge in [0.05, 0.1) is 18.1 Å². The van der Waals surface area contributed by atoms with Crippen molar-refractivity contribution < 1.29 is 18.0 Å². The SMILES string of the molecule is Cc1c(CNC(=O)c2cnn3c(C(F)(F)F)cc(-c4ccccc4)nc23)cnn1C. The fraction of sp³-hybridized carbons (Fsp3) is 0.200. The molecule has 0 spiro atoms. The lowest BCUT2D eigenvalue weighted by Crippen LogP contribution is -2.23. The third-order valence-electron chi connectivity index (χ3n) is 4.85. The third kappa shape index (κ3) is 3.51. The molecule has 0 saturated carbocycles. The van der Waals surface area contributed by atoms with Crippen molar-refractivity contribution in [2.24, 2.45) is 7.05 Å². The summed E-state index contributed by atoms with van der Waals surface area (Å²) < 4.78 is 43.2. The lowest BCUT2D eigenvalue weighted by Gasteiger charge is -2.11. The molecule has 0 fully saturated rings. The summed E-state index contributed by atoms with van der Waals surface area (Å²) >= 11 is 0. The maximum Gasteiger partial charge on any atom is 0.433 e. The van der Waals surface area contributed by atoms with Crippen LogP contribution < -0.4 is 5.32 Å². The van der Waals surface area contributed by atoms with Gasteiger partial charge in [-0.1, -0.05) is 30.3 Å². The number of nitrogens with one attached hydrogen (secondary N) is 1. The van der Waals surface area contributed by atoms with Gasteiger partial charge in [0, 0.05) is 30.4 Å². The molecule has 30 heavy (non-hydrogen) atoms. The van der Waals surface area contributed by atoms with Crippen molar-refractivity contribution >= 4 is 11.6 Å². The van der Waals surface area contributed by atoms with Gasteiger partial charge in [0.2, 0.25) is 0 Å². The number of aryl methyl sites for hydroxylation is 1. The monoisotopic (exact) mass is 414 g/mol. The minimum absolute atomic E-state index is 0.0418. The Labute approximate surface area is 169 Å². The molecule has 1 aromatic carbocycles. The molecular weight excluding hydrogens is 397 g/mol. The summed E-state index contributed by atoms with van der Waals surface area (Å²) in [5.41, 5.74) is 1.07. The van der Waals surface area contributed by atoms with Gasteiger partial charge in [-0.05, 0) is 13.0 Å². The molecule has 1 amide bonds. The van der Waals surface area contributed by atoms with Gasteiger partial charge in [0.1, 0.15) is 5.56 Å². The van der Waals surface area contributed by atoms with E-state index in [-0.39, 0.29) is 23.4 Å². The number of aromatic nitrogens is 5. The number of alkyl halides is 3. The van der Waals surface area contributed by atoms with E-state index >= 15 is 0 Å². The molecule has 10 heteroatoms. The number of rotatable bonds is 4. The first-order chi connectivity index (χ1) is 14.3. The Hall–Kier alpha value is -3.69. The lowest BCUT2D eigenvalue weighted by molar-refractivity contribution is -0.142. The first kappa shape index (κ1) is 19.6. The van der Waals surface area contributed by atoms with Crippen molar-refractivity contribution in [3.63, 3.8) is 0 Å². The van der Waals surface area contributed by atoms with Gasteiger partial charge in [-0.3, -0.25) is 9.48 Å². The molecule has 3 heterocycles. The van der Waals surface area contributed by atoms with Crippen LogP contribution in [0.1, 0.15) is 27.3 Å². The van der Waals surface area contributed by atoms with E-state index in [0.29, 0.717) is 10.1 Å². The van der Waals surface area contributed by atoms with Crippen LogP contribution in [0.15, 0.2) is 48.8 Å². The summed E-state index contributed by atoms with van der Waals surface area (Å²) in [7, 11) is 1.78. The highest BCUT2D eigenvalue weighted by Gasteiger charge is 2.36. The average Bonchev–Trinajstić information content (AvgIpc) is 3.29. The largest absolute Gasteiger partial charge is 0.433 e. The number of hydrogen-bond donors (Lipinski definition) is 1. The molecule has 0 aliphatic rings. The fourth-order valence-corrected chi connectivity index (χ4v) is 3.07. The van der Waals surface area contributed by atoms with Crippen LogP contribution in [0.4, 0.5) is 13.2 Å². The van der Waals surface area contributed by atoms with Crippen LogP contribution in [0.25, 0.3) is 16.9 Å². The van der Waals surface area contributed by atoms with E-state index in [0.717, 1.165) is 23.5 Å². The van der Waals surface area contributed by atoms with Crippen molar-refractivity contribution in [3.05, 3.63) is 71.3 Å². The van der Waals surface area contributed by atoms with Crippen LogP contribution in [0.5, 0.6) is 0 Å². The molecule has 4 aromatic rings. The van der Waals surface area contributed by atoms with Crippen LogP contribution in [0, 0.1) is 6.92 Å². The third-order valence-corrected chi connectivity index (χ3v) is 4.85. The van der Waals surface area contributed by atoms with E-state index in [1.165, 1.54) is 0 Å². The van der Waals surface area contributed by atoms with Crippen molar-refractivity contribution in [2.45, 2.75) is 19.6 Å². The highest BCUT2D eigenvalue weighted by Crippen LogP contribution is 2.32. The number of hydrogen-bond acceptors (Lipinski definition) is 4. The molecule has 0 atom stereocenters.